The van der Waals surface area contributed by atoms with Crippen molar-refractivity contribution >= 4 is 50.0 Å². The fourth-order valence-corrected chi connectivity index (χ4v) is 4.06. The second kappa shape index (κ2) is 5.50. The van der Waals surface area contributed by atoms with Crippen LogP contribution in [0, 0.1) is 0 Å². The van der Waals surface area contributed by atoms with E-state index in [2.05, 4.69) is 49.6 Å². The number of aromatic nitrogens is 4. The minimum Gasteiger partial charge on any atom is -0.307 e. The van der Waals surface area contributed by atoms with Crippen molar-refractivity contribution in [3.8, 4) is 0 Å². The third-order valence-electron chi connectivity index (χ3n) is 3.27. The van der Waals surface area contributed by atoms with E-state index in [1.165, 1.54) is 4.88 Å². The van der Waals surface area contributed by atoms with Gasteiger partial charge < -0.3 is 4.57 Å². The van der Waals surface area contributed by atoms with Gasteiger partial charge in [-0.3, -0.25) is 4.68 Å². The molecule has 3 aromatic rings. The third-order valence-corrected chi connectivity index (χ3v) is 5.12. The monoisotopic (exact) mass is 372 g/mol. The number of thiophene rings is 1. The van der Waals surface area contributed by atoms with Gasteiger partial charge in [-0.1, -0.05) is 6.92 Å². The number of nitrogens with zero attached hydrogens (tertiary/aromatic N) is 4. The molecule has 0 unspecified atom stereocenters. The molecule has 20 heavy (non-hydrogen) atoms. The van der Waals surface area contributed by atoms with Crippen molar-refractivity contribution < 1.29 is 0 Å². The van der Waals surface area contributed by atoms with Gasteiger partial charge in [0, 0.05) is 11.9 Å². The average molecular weight is 374 g/mol. The summed E-state index contributed by atoms with van der Waals surface area (Å²) in [5.41, 5.74) is 3.04. The maximum Gasteiger partial charge on any atom is 0.159 e. The highest BCUT2D eigenvalue weighted by Crippen LogP contribution is 2.26. The lowest BCUT2D eigenvalue weighted by molar-refractivity contribution is 0.701. The topological polar surface area (TPSA) is 35.6 Å². The van der Waals surface area contributed by atoms with E-state index in [9.17, 15) is 0 Å². The molecule has 0 fully saturated rings. The molecule has 3 aromatic heterocycles. The molecule has 106 valence electrons. The number of aryl methyl sites for hydroxylation is 2. The van der Waals surface area contributed by atoms with E-state index in [0.29, 0.717) is 5.88 Å². The normalized spacial score (nSPS) is 11.6. The number of fused-ring (bicyclic) bond motifs is 1. The van der Waals surface area contributed by atoms with Gasteiger partial charge in [-0.05, 0) is 34.5 Å². The van der Waals surface area contributed by atoms with Crippen LogP contribution in [0.1, 0.15) is 23.3 Å². The highest BCUT2D eigenvalue weighted by molar-refractivity contribution is 9.11. The first-order chi connectivity index (χ1) is 9.63. The Bertz CT molecular complexity index is 758. The predicted octanol–water partition coefficient (Wildman–Crippen LogP) is 3.94. The number of hydrogen-bond donors (Lipinski definition) is 0. The van der Waals surface area contributed by atoms with Gasteiger partial charge in [0.2, 0.25) is 0 Å². The Hall–Kier alpha value is -0.850. The Morgan fingerprint density at radius 1 is 1.40 bits per heavy atom. The molecule has 0 radical (unpaired) electrons. The third kappa shape index (κ3) is 2.29. The van der Waals surface area contributed by atoms with Crippen molar-refractivity contribution in [1.29, 1.82) is 0 Å². The summed E-state index contributed by atoms with van der Waals surface area (Å²) < 4.78 is 5.20. The maximum absolute atomic E-state index is 6.06. The van der Waals surface area contributed by atoms with Gasteiger partial charge in [0.15, 0.2) is 5.65 Å². The minimum atomic E-state index is 0.407. The molecule has 0 aliphatic heterocycles. The van der Waals surface area contributed by atoms with E-state index < -0.39 is 0 Å². The Labute approximate surface area is 134 Å². The molecule has 0 saturated heterocycles. The summed E-state index contributed by atoms with van der Waals surface area (Å²) in [6.45, 7) is 2.87. The first-order valence-corrected chi connectivity index (χ1v) is 8.49. The van der Waals surface area contributed by atoms with Crippen LogP contribution >= 0.6 is 38.9 Å². The quantitative estimate of drug-likeness (QED) is 0.649. The summed E-state index contributed by atoms with van der Waals surface area (Å²) in [6, 6.07) is 4.19. The molecule has 0 amide bonds. The van der Waals surface area contributed by atoms with E-state index >= 15 is 0 Å². The van der Waals surface area contributed by atoms with Crippen LogP contribution in [0.5, 0.6) is 0 Å². The maximum atomic E-state index is 6.06. The van der Waals surface area contributed by atoms with Gasteiger partial charge in [0.25, 0.3) is 0 Å². The van der Waals surface area contributed by atoms with Gasteiger partial charge in [-0.2, -0.15) is 5.10 Å². The Kier molecular flexibility index (Phi) is 3.88. The molecule has 0 bridgehead atoms. The molecule has 3 heterocycles. The van der Waals surface area contributed by atoms with Crippen LogP contribution in [-0.4, -0.2) is 19.3 Å². The Morgan fingerprint density at radius 2 is 2.20 bits per heavy atom. The molecule has 7 heteroatoms. The van der Waals surface area contributed by atoms with Crippen LogP contribution < -0.4 is 0 Å². The van der Waals surface area contributed by atoms with Crippen LogP contribution in [-0.2, 0) is 25.9 Å². The lowest BCUT2D eigenvalue weighted by Crippen LogP contribution is -2.06. The van der Waals surface area contributed by atoms with Crippen molar-refractivity contribution in [3.05, 3.63) is 32.3 Å². The van der Waals surface area contributed by atoms with Crippen LogP contribution in [0.25, 0.3) is 11.2 Å². The standard InChI is InChI=1S/C13H14BrClN4S/c1-3-9-12-13(18(2)17-9)19(11(6-15)16-12)7-8-4-5-10(14)20-8/h4-5H,3,6-7H2,1-2H3. The van der Waals surface area contributed by atoms with Gasteiger partial charge in [-0.15, -0.1) is 22.9 Å². The summed E-state index contributed by atoms with van der Waals surface area (Å²) in [7, 11) is 1.96. The number of rotatable bonds is 4. The van der Waals surface area contributed by atoms with Crippen molar-refractivity contribution in [2.45, 2.75) is 25.8 Å². The molecule has 0 N–H and O–H groups in total. The van der Waals surface area contributed by atoms with Crippen LogP contribution in [0.4, 0.5) is 0 Å². The van der Waals surface area contributed by atoms with Gasteiger partial charge in [-0.25, -0.2) is 4.98 Å². The predicted molar refractivity (Wildman–Crippen MR) is 86.6 cm³/mol. The summed E-state index contributed by atoms with van der Waals surface area (Å²) in [5, 5.41) is 4.54. The van der Waals surface area contributed by atoms with Crippen molar-refractivity contribution in [3.63, 3.8) is 0 Å². The highest BCUT2D eigenvalue weighted by Gasteiger charge is 2.18. The van der Waals surface area contributed by atoms with E-state index in [1.807, 2.05) is 11.7 Å². The first-order valence-electron chi connectivity index (χ1n) is 6.35. The van der Waals surface area contributed by atoms with Crippen LogP contribution in [0.15, 0.2) is 15.9 Å². The van der Waals surface area contributed by atoms with E-state index in [1.54, 1.807) is 11.3 Å². The second-order valence-electron chi connectivity index (χ2n) is 4.55. The summed E-state index contributed by atoms with van der Waals surface area (Å²) in [5.74, 6) is 1.30. The van der Waals surface area contributed by atoms with Gasteiger partial charge in [0.1, 0.15) is 11.3 Å². The van der Waals surface area contributed by atoms with E-state index in [0.717, 1.165) is 39.4 Å². The zero-order valence-corrected chi connectivity index (χ0v) is 14.4. The number of halogens is 2. The fraction of sp³-hybridized carbons (Fsp3) is 0.385. The molecule has 0 atom stereocenters. The molecule has 0 spiro atoms. The Balaban J connectivity index is 2.14. The molecule has 3 rings (SSSR count). The summed E-state index contributed by atoms with van der Waals surface area (Å²) in [4.78, 5) is 5.93. The molecular weight excluding hydrogens is 360 g/mol. The molecule has 0 aliphatic rings. The number of hydrogen-bond acceptors (Lipinski definition) is 3. The summed E-state index contributed by atoms with van der Waals surface area (Å²) >= 11 is 11.3. The molecule has 0 saturated carbocycles. The first kappa shape index (κ1) is 14.1. The van der Waals surface area contributed by atoms with E-state index in [4.69, 9.17) is 11.6 Å². The van der Waals surface area contributed by atoms with Crippen LogP contribution in [0.2, 0.25) is 0 Å². The average Bonchev–Trinajstić information content (AvgIpc) is 3.07. The largest absolute Gasteiger partial charge is 0.307 e. The van der Waals surface area contributed by atoms with Crippen LogP contribution in [0.3, 0.4) is 0 Å². The van der Waals surface area contributed by atoms with Crippen molar-refractivity contribution in [2.75, 3.05) is 0 Å². The smallest absolute Gasteiger partial charge is 0.159 e. The summed E-state index contributed by atoms with van der Waals surface area (Å²) in [6.07, 6.45) is 0.876. The van der Waals surface area contributed by atoms with E-state index in [-0.39, 0.29) is 0 Å². The Morgan fingerprint density at radius 3 is 2.80 bits per heavy atom. The minimum absolute atomic E-state index is 0.407. The molecule has 0 aliphatic carbocycles. The van der Waals surface area contributed by atoms with Gasteiger partial charge >= 0.3 is 0 Å². The number of imidazole rings is 1. The molecule has 0 aromatic carbocycles. The molecule has 4 nitrogen and oxygen atoms in total. The SMILES string of the molecule is CCc1nn(C)c2c1nc(CCl)n2Cc1ccc(Br)s1. The lowest BCUT2D eigenvalue weighted by atomic mass is 10.3. The zero-order chi connectivity index (χ0) is 14.3. The second-order valence-corrected chi connectivity index (χ2v) is 7.36. The highest BCUT2D eigenvalue weighted by atomic mass is 79.9. The van der Waals surface area contributed by atoms with Crippen molar-refractivity contribution in [2.24, 2.45) is 7.05 Å². The van der Waals surface area contributed by atoms with Crippen molar-refractivity contribution in [1.82, 2.24) is 19.3 Å². The molecular formula is C13H14BrClN4S. The zero-order valence-electron chi connectivity index (χ0n) is 11.2. The fourth-order valence-electron chi connectivity index (χ4n) is 2.39. The lowest BCUT2D eigenvalue weighted by Gasteiger charge is -2.06. The van der Waals surface area contributed by atoms with Gasteiger partial charge in [0.05, 0.1) is 21.9 Å². The number of alkyl halides is 1.